The predicted octanol–water partition coefficient (Wildman–Crippen LogP) is 0.329. The molecule has 0 bridgehead atoms. The lowest BCUT2D eigenvalue weighted by Gasteiger charge is -2.37. The largest absolute Gasteiger partial charge is 0.383 e. The van der Waals surface area contributed by atoms with Crippen molar-refractivity contribution in [3.8, 4) is 0 Å². The highest BCUT2D eigenvalue weighted by atomic mass is 16.5. The highest BCUT2D eigenvalue weighted by Gasteiger charge is 2.36. The zero-order valence-corrected chi connectivity index (χ0v) is 12.8. The van der Waals surface area contributed by atoms with Gasteiger partial charge in [0, 0.05) is 25.8 Å². The lowest BCUT2D eigenvalue weighted by molar-refractivity contribution is -0.141. The molecule has 1 aliphatic carbocycles. The van der Waals surface area contributed by atoms with Gasteiger partial charge in [-0.25, -0.2) is 4.98 Å². The number of hydrogen-bond acceptors (Lipinski definition) is 4. The predicted molar refractivity (Wildman–Crippen MR) is 78.9 cm³/mol. The van der Waals surface area contributed by atoms with E-state index in [4.69, 9.17) is 4.74 Å². The minimum atomic E-state index is -0.410. The molecule has 2 aliphatic rings. The van der Waals surface area contributed by atoms with Gasteiger partial charge in [-0.2, -0.15) is 0 Å². The van der Waals surface area contributed by atoms with Crippen molar-refractivity contribution in [3.63, 3.8) is 0 Å². The summed E-state index contributed by atoms with van der Waals surface area (Å²) in [6, 6.07) is -0.410. The second kappa shape index (κ2) is 6.48. The molecule has 0 radical (unpaired) electrons. The van der Waals surface area contributed by atoms with Gasteiger partial charge < -0.3 is 19.5 Å². The summed E-state index contributed by atoms with van der Waals surface area (Å²) in [7, 11) is 1.60. The molecular formula is C15H22N4O3. The Balaban J connectivity index is 1.71. The van der Waals surface area contributed by atoms with Crippen LogP contribution in [0.2, 0.25) is 0 Å². The fourth-order valence-electron chi connectivity index (χ4n) is 2.98. The summed E-state index contributed by atoms with van der Waals surface area (Å²) in [6.45, 7) is 1.89. The summed E-state index contributed by atoms with van der Waals surface area (Å²) >= 11 is 0. The first-order valence-corrected chi connectivity index (χ1v) is 7.77. The average Bonchev–Trinajstić information content (AvgIpc) is 2.92. The highest BCUT2D eigenvalue weighted by Crippen LogP contribution is 2.31. The summed E-state index contributed by atoms with van der Waals surface area (Å²) in [6.07, 6.45) is 6.47. The smallest absolute Gasteiger partial charge is 0.245 e. The van der Waals surface area contributed by atoms with Crippen LogP contribution in [0.25, 0.3) is 0 Å². The monoisotopic (exact) mass is 306 g/mol. The van der Waals surface area contributed by atoms with Crippen LogP contribution in [0, 0.1) is 5.92 Å². The minimum Gasteiger partial charge on any atom is -0.383 e. The van der Waals surface area contributed by atoms with E-state index >= 15 is 0 Å². The summed E-state index contributed by atoms with van der Waals surface area (Å²) in [4.78, 5) is 30.8. The third-order valence-electron chi connectivity index (χ3n) is 4.50. The van der Waals surface area contributed by atoms with Gasteiger partial charge in [-0.1, -0.05) is 6.42 Å². The van der Waals surface area contributed by atoms with E-state index in [0.717, 1.165) is 25.0 Å². The van der Waals surface area contributed by atoms with Crippen LogP contribution in [-0.4, -0.2) is 53.1 Å². The number of aromatic nitrogens is 2. The first-order chi connectivity index (χ1) is 10.7. The number of fused-ring (bicyclic) bond motifs is 1. The zero-order valence-electron chi connectivity index (χ0n) is 12.8. The van der Waals surface area contributed by atoms with Crippen molar-refractivity contribution in [2.45, 2.75) is 31.8 Å². The zero-order chi connectivity index (χ0) is 15.5. The topological polar surface area (TPSA) is 76.5 Å². The molecule has 1 N–H and O–H groups in total. The Bertz CT molecular complexity index is 553. The van der Waals surface area contributed by atoms with E-state index in [0.29, 0.717) is 26.2 Å². The van der Waals surface area contributed by atoms with Crippen molar-refractivity contribution in [1.82, 2.24) is 19.8 Å². The molecule has 0 saturated heterocycles. The summed E-state index contributed by atoms with van der Waals surface area (Å²) in [5.74, 6) is 0.225. The molecule has 1 aliphatic heterocycles. The molecule has 1 unspecified atom stereocenters. The second-order valence-electron chi connectivity index (χ2n) is 5.94. The molecule has 120 valence electrons. The van der Waals surface area contributed by atoms with Gasteiger partial charge in [0.15, 0.2) is 0 Å². The van der Waals surface area contributed by atoms with E-state index in [1.54, 1.807) is 24.5 Å². The van der Waals surface area contributed by atoms with Crippen LogP contribution >= 0.6 is 0 Å². The van der Waals surface area contributed by atoms with Gasteiger partial charge >= 0.3 is 0 Å². The van der Waals surface area contributed by atoms with Crippen LogP contribution in [0.1, 0.15) is 31.0 Å². The van der Waals surface area contributed by atoms with Crippen molar-refractivity contribution in [2.24, 2.45) is 5.92 Å². The number of nitrogens with one attached hydrogen (secondary N) is 1. The Hall–Kier alpha value is -1.89. The van der Waals surface area contributed by atoms with Gasteiger partial charge in [-0.3, -0.25) is 9.59 Å². The maximum absolute atomic E-state index is 12.5. The molecule has 1 aromatic rings. The van der Waals surface area contributed by atoms with E-state index in [2.05, 4.69) is 10.3 Å². The third kappa shape index (κ3) is 2.85. The first kappa shape index (κ1) is 15.0. The third-order valence-corrected chi connectivity index (χ3v) is 4.50. The van der Waals surface area contributed by atoms with Crippen LogP contribution in [-0.2, 0) is 20.9 Å². The normalized spacial score (nSPS) is 21.1. The average molecular weight is 306 g/mol. The number of carbonyl (C=O) groups excluding carboxylic acids is 2. The first-order valence-electron chi connectivity index (χ1n) is 7.77. The number of ether oxygens (including phenoxy) is 1. The number of amides is 2. The lowest BCUT2D eigenvalue weighted by Crippen LogP contribution is -2.49. The second-order valence-corrected chi connectivity index (χ2v) is 5.94. The number of imidazole rings is 1. The fraction of sp³-hybridized carbons (Fsp3) is 0.667. The van der Waals surface area contributed by atoms with Crippen LogP contribution in [0.3, 0.4) is 0 Å². The van der Waals surface area contributed by atoms with E-state index in [-0.39, 0.29) is 17.7 Å². The van der Waals surface area contributed by atoms with Crippen molar-refractivity contribution in [3.05, 3.63) is 18.2 Å². The number of nitrogens with zero attached hydrogens (tertiary/aromatic N) is 3. The van der Waals surface area contributed by atoms with Crippen LogP contribution in [0.5, 0.6) is 0 Å². The summed E-state index contributed by atoms with van der Waals surface area (Å²) in [5, 5.41) is 2.85. The molecule has 3 rings (SSSR count). The molecule has 0 spiro atoms. The quantitative estimate of drug-likeness (QED) is 0.795. The summed E-state index contributed by atoms with van der Waals surface area (Å²) in [5.41, 5.74) is 0.908. The molecule has 1 atom stereocenters. The van der Waals surface area contributed by atoms with Crippen molar-refractivity contribution < 1.29 is 14.3 Å². The standard InChI is InChI=1S/C15H22N4O3/c1-22-6-5-17-14(20)13-9-18(15(21)11-3-2-4-11)8-12-7-16-10-19(12)13/h7,10-11,13H,2-6,8-9H2,1H3,(H,17,20). The molecule has 22 heavy (non-hydrogen) atoms. The van der Waals surface area contributed by atoms with Crippen molar-refractivity contribution >= 4 is 11.8 Å². The molecule has 0 aromatic carbocycles. The van der Waals surface area contributed by atoms with Gasteiger partial charge in [0.05, 0.1) is 31.7 Å². The maximum atomic E-state index is 12.5. The van der Waals surface area contributed by atoms with Crippen LogP contribution in [0.15, 0.2) is 12.5 Å². The van der Waals surface area contributed by atoms with Crippen LogP contribution in [0.4, 0.5) is 0 Å². The van der Waals surface area contributed by atoms with Gasteiger partial charge in [0.25, 0.3) is 0 Å². The Morgan fingerprint density at radius 3 is 2.95 bits per heavy atom. The molecule has 1 saturated carbocycles. The maximum Gasteiger partial charge on any atom is 0.245 e. The molecule has 1 fully saturated rings. The van der Waals surface area contributed by atoms with E-state index in [1.807, 2.05) is 4.57 Å². The SMILES string of the molecule is COCCNC(=O)C1CN(C(=O)C2CCC2)Cc2cncn21. The van der Waals surface area contributed by atoms with Gasteiger partial charge in [-0.15, -0.1) is 0 Å². The van der Waals surface area contributed by atoms with Gasteiger partial charge in [0.2, 0.25) is 11.8 Å². The van der Waals surface area contributed by atoms with Crippen molar-refractivity contribution in [1.29, 1.82) is 0 Å². The highest BCUT2D eigenvalue weighted by molar-refractivity contribution is 5.84. The molecule has 2 heterocycles. The summed E-state index contributed by atoms with van der Waals surface area (Å²) < 4.78 is 6.82. The van der Waals surface area contributed by atoms with Gasteiger partial charge in [0.1, 0.15) is 6.04 Å². The lowest BCUT2D eigenvalue weighted by atomic mass is 9.84. The number of methoxy groups -OCH3 is 1. The molecular weight excluding hydrogens is 284 g/mol. The number of rotatable bonds is 5. The number of carbonyl (C=O) groups is 2. The molecule has 2 amide bonds. The van der Waals surface area contributed by atoms with Gasteiger partial charge in [-0.05, 0) is 12.8 Å². The number of hydrogen-bond donors (Lipinski definition) is 1. The molecule has 1 aromatic heterocycles. The van der Waals surface area contributed by atoms with Crippen molar-refractivity contribution in [2.75, 3.05) is 26.8 Å². The minimum absolute atomic E-state index is 0.0950. The Morgan fingerprint density at radius 1 is 1.45 bits per heavy atom. The Kier molecular flexibility index (Phi) is 4.42. The van der Waals surface area contributed by atoms with E-state index < -0.39 is 6.04 Å². The molecule has 7 heteroatoms. The van der Waals surface area contributed by atoms with E-state index in [9.17, 15) is 9.59 Å². The Labute approximate surface area is 129 Å². The molecule has 7 nitrogen and oxygen atoms in total. The van der Waals surface area contributed by atoms with Crippen LogP contribution < -0.4 is 5.32 Å². The fourth-order valence-corrected chi connectivity index (χ4v) is 2.98. The Morgan fingerprint density at radius 2 is 2.27 bits per heavy atom. The van der Waals surface area contributed by atoms with E-state index in [1.165, 1.54) is 0 Å².